The molecule has 5 aliphatic rings. The first-order chi connectivity index (χ1) is 16.6. The molecule has 0 aromatic heterocycles. The standard InChI is InChI=1S/C26H36N2O6S/c1-17-15-28(16-18(2)34-17)35(31,32)23-5-3-4-22(11-23)24(29)27-6-7-33-25(30)26-12-19-8-20(13-26)10-21(9-19)14-26/h3-5,11,17-21H,6-10,12-16H2,1-2H3,(H,27,29)/t17-,18-,19?,20?,21?,26?/m1/s1. The Morgan fingerprint density at radius 2 is 1.66 bits per heavy atom. The summed E-state index contributed by atoms with van der Waals surface area (Å²) in [6.45, 7) is 4.55. The number of carbonyl (C=O) groups excluding carboxylic acids is 2. The van der Waals surface area contributed by atoms with E-state index in [-0.39, 0.29) is 60.3 Å². The van der Waals surface area contributed by atoms with Gasteiger partial charge in [-0.2, -0.15) is 4.31 Å². The first kappa shape index (κ1) is 24.7. The molecule has 1 aromatic rings. The molecule has 1 amide bonds. The number of benzene rings is 1. The highest BCUT2D eigenvalue weighted by molar-refractivity contribution is 7.89. The monoisotopic (exact) mass is 504 g/mol. The van der Waals surface area contributed by atoms with Gasteiger partial charge in [-0.15, -0.1) is 0 Å². The Morgan fingerprint density at radius 3 is 2.26 bits per heavy atom. The highest BCUT2D eigenvalue weighted by Gasteiger charge is 2.55. The average molecular weight is 505 g/mol. The first-order valence-corrected chi connectivity index (χ1v) is 14.3. The summed E-state index contributed by atoms with van der Waals surface area (Å²) in [5.41, 5.74) is -0.0523. The van der Waals surface area contributed by atoms with Gasteiger partial charge in [-0.25, -0.2) is 8.42 Å². The molecular weight excluding hydrogens is 468 g/mol. The zero-order chi connectivity index (χ0) is 24.8. The number of ether oxygens (including phenoxy) is 2. The van der Waals surface area contributed by atoms with E-state index in [1.165, 1.54) is 35.7 Å². The van der Waals surface area contributed by atoms with Crippen molar-refractivity contribution in [1.29, 1.82) is 0 Å². The van der Waals surface area contributed by atoms with Gasteiger partial charge >= 0.3 is 5.97 Å². The summed E-state index contributed by atoms with van der Waals surface area (Å²) in [6, 6.07) is 6.06. The first-order valence-electron chi connectivity index (χ1n) is 12.9. The highest BCUT2D eigenvalue weighted by Crippen LogP contribution is 2.60. The van der Waals surface area contributed by atoms with Gasteiger partial charge in [0, 0.05) is 18.7 Å². The molecule has 4 bridgehead atoms. The molecule has 9 heteroatoms. The average Bonchev–Trinajstić information content (AvgIpc) is 2.80. The molecule has 0 unspecified atom stereocenters. The lowest BCUT2D eigenvalue weighted by Crippen LogP contribution is -2.50. The van der Waals surface area contributed by atoms with Crippen molar-refractivity contribution in [1.82, 2.24) is 9.62 Å². The maximum Gasteiger partial charge on any atom is 0.312 e. The molecule has 1 aliphatic heterocycles. The van der Waals surface area contributed by atoms with E-state index in [9.17, 15) is 18.0 Å². The van der Waals surface area contributed by atoms with E-state index >= 15 is 0 Å². The fraction of sp³-hybridized carbons (Fsp3) is 0.692. The Balaban J connectivity index is 1.15. The van der Waals surface area contributed by atoms with Gasteiger partial charge in [0.2, 0.25) is 10.0 Å². The second-order valence-electron chi connectivity index (χ2n) is 11.2. The van der Waals surface area contributed by atoms with Crippen molar-refractivity contribution in [2.45, 2.75) is 69.5 Å². The van der Waals surface area contributed by atoms with Crippen molar-refractivity contribution in [3.8, 4) is 0 Å². The van der Waals surface area contributed by atoms with Crippen LogP contribution in [-0.4, -0.2) is 63.0 Å². The lowest BCUT2D eigenvalue weighted by atomic mass is 9.49. The third-order valence-electron chi connectivity index (χ3n) is 8.21. The molecule has 8 nitrogen and oxygen atoms in total. The van der Waals surface area contributed by atoms with Crippen LogP contribution >= 0.6 is 0 Å². The van der Waals surface area contributed by atoms with Crippen molar-refractivity contribution < 1.29 is 27.5 Å². The fourth-order valence-corrected chi connectivity index (χ4v) is 8.83. The number of carbonyl (C=O) groups is 2. The number of hydrogen-bond donors (Lipinski definition) is 1. The molecule has 0 radical (unpaired) electrons. The van der Waals surface area contributed by atoms with Gasteiger partial charge in [0.25, 0.3) is 5.91 Å². The summed E-state index contributed by atoms with van der Waals surface area (Å²) in [4.78, 5) is 25.7. The Morgan fingerprint density at radius 1 is 1.06 bits per heavy atom. The molecule has 2 atom stereocenters. The predicted molar refractivity (Wildman–Crippen MR) is 129 cm³/mol. The van der Waals surface area contributed by atoms with Crippen LogP contribution in [0.3, 0.4) is 0 Å². The number of morpholine rings is 1. The molecule has 4 aliphatic carbocycles. The summed E-state index contributed by atoms with van der Waals surface area (Å²) in [6.07, 6.45) is 6.26. The molecule has 0 spiro atoms. The molecular formula is C26H36N2O6S. The van der Waals surface area contributed by atoms with Crippen LogP contribution < -0.4 is 5.32 Å². The topological polar surface area (TPSA) is 102 Å². The second kappa shape index (κ2) is 9.48. The van der Waals surface area contributed by atoms with Gasteiger partial charge in [0.1, 0.15) is 6.61 Å². The van der Waals surface area contributed by atoms with Crippen LogP contribution in [0.5, 0.6) is 0 Å². The second-order valence-corrected chi connectivity index (χ2v) is 13.1. The summed E-state index contributed by atoms with van der Waals surface area (Å²) >= 11 is 0. The molecule has 1 saturated heterocycles. The quantitative estimate of drug-likeness (QED) is 0.453. The number of nitrogens with one attached hydrogen (secondary N) is 1. The fourth-order valence-electron chi connectivity index (χ4n) is 7.20. The number of sulfonamides is 1. The lowest BCUT2D eigenvalue weighted by molar-refractivity contribution is -0.171. The highest BCUT2D eigenvalue weighted by atomic mass is 32.2. The number of amides is 1. The summed E-state index contributed by atoms with van der Waals surface area (Å²) in [5.74, 6) is 1.51. The van der Waals surface area contributed by atoms with Gasteiger partial charge in [-0.05, 0) is 88.3 Å². The zero-order valence-corrected chi connectivity index (χ0v) is 21.4. The zero-order valence-electron chi connectivity index (χ0n) is 20.6. The van der Waals surface area contributed by atoms with Crippen LogP contribution in [-0.2, 0) is 24.3 Å². The van der Waals surface area contributed by atoms with E-state index in [0.29, 0.717) is 17.8 Å². The van der Waals surface area contributed by atoms with E-state index in [1.54, 1.807) is 12.1 Å². The molecule has 35 heavy (non-hydrogen) atoms. The molecule has 1 heterocycles. The van der Waals surface area contributed by atoms with E-state index < -0.39 is 15.9 Å². The summed E-state index contributed by atoms with van der Waals surface area (Å²) in [5, 5.41) is 2.76. The van der Waals surface area contributed by atoms with Crippen LogP contribution in [0.1, 0.15) is 62.7 Å². The lowest BCUT2D eigenvalue weighted by Gasteiger charge is -2.55. The Bertz CT molecular complexity index is 1040. The van der Waals surface area contributed by atoms with Gasteiger partial charge in [-0.1, -0.05) is 6.07 Å². The largest absolute Gasteiger partial charge is 0.463 e. The van der Waals surface area contributed by atoms with E-state index in [4.69, 9.17) is 9.47 Å². The number of esters is 1. The van der Waals surface area contributed by atoms with Crippen LogP contribution in [0.25, 0.3) is 0 Å². The van der Waals surface area contributed by atoms with Crippen LogP contribution in [0.4, 0.5) is 0 Å². The van der Waals surface area contributed by atoms with Crippen LogP contribution in [0.2, 0.25) is 0 Å². The predicted octanol–water partition coefficient (Wildman–Crippen LogP) is 2.97. The normalized spacial score (nSPS) is 34.5. The van der Waals surface area contributed by atoms with Gasteiger partial charge in [0.05, 0.1) is 29.1 Å². The summed E-state index contributed by atoms with van der Waals surface area (Å²) < 4.78 is 38.9. The molecule has 5 fully saturated rings. The third-order valence-corrected chi connectivity index (χ3v) is 10.0. The van der Waals surface area contributed by atoms with Crippen molar-refractivity contribution in [3.05, 3.63) is 29.8 Å². The minimum absolute atomic E-state index is 0.0831. The third kappa shape index (κ3) is 5.00. The Kier molecular flexibility index (Phi) is 6.70. The van der Waals surface area contributed by atoms with Gasteiger partial charge in [0.15, 0.2) is 0 Å². The van der Waals surface area contributed by atoms with Gasteiger partial charge in [-0.3, -0.25) is 9.59 Å². The van der Waals surface area contributed by atoms with Crippen LogP contribution in [0, 0.1) is 23.2 Å². The summed E-state index contributed by atoms with van der Waals surface area (Å²) in [7, 11) is -3.74. The van der Waals surface area contributed by atoms with Gasteiger partial charge < -0.3 is 14.8 Å². The SMILES string of the molecule is C[C@@H]1CN(S(=O)(=O)c2cccc(C(=O)NCCOC(=O)C34CC5CC(CC(C5)C3)C4)c2)C[C@@H](C)O1. The Labute approximate surface area is 207 Å². The molecule has 4 saturated carbocycles. The van der Waals surface area contributed by atoms with E-state index in [2.05, 4.69) is 5.32 Å². The van der Waals surface area contributed by atoms with Crippen molar-refractivity contribution in [3.63, 3.8) is 0 Å². The van der Waals surface area contributed by atoms with Crippen molar-refractivity contribution >= 4 is 21.9 Å². The maximum absolute atomic E-state index is 13.1. The van der Waals surface area contributed by atoms with Crippen molar-refractivity contribution in [2.75, 3.05) is 26.2 Å². The minimum atomic E-state index is -3.74. The smallest absolute Gasteiger partial charge is 0.312 e. The molecule has 1 N–H and O–H groups in total. The maximum atomic E-state index is 13.1. The molecule has 1 aromatic carbocycles. The number of hydrogen-bond acceptors (Lipinski definition) is 6. The van der Waals surface area contributed by atoms with Crippen LogP contribution in [0.15, 0.2) is 29.2 Å². The van der Waals surface area contributed by atoms with Crippen molar-refractivity contribution in [2.24, 2.45) is 23.2 Å². The Hall–Kier alpha value is -1.97. The molecule has 6 rings (SSSR count). The van der Waals surface area contributed by atoms with E-state index in [0.717, 1.165) is 19.3 Å². The van der Waals surface area contributed by atoms with E-state index in [1.807, 2.05) is 13.8 Å². The number of nitrogens with zero attached hydrogens (tertiary/aromatic N) is 1. The molecule has 192 valence electrons. The minimum Gasteiger partial charge on any atom is -0.463 e. The number of rotatable bonds is 7.